The lowest BCUT2D eigenvalue weighted by Gasteiger charge is -2.20. The van der Waals surface area contributed by atoms with Crippen LogP contribution in [0.2, 0.25) is 5.02 Å². The zero-order chi connectivity index (χ0) is 14.6. The van der Waals surface area contributed by atoms with Gasteiger partial charge in [0.25, 0.3) is 0 Å². The molecule has 20 heavy (non-hydrogen) atoms. The number of rotatable bonds is 4. The number of ether oxygens (including phenoxy) is 2. The number of carbonyl (C=O) groups excluding carboxylic acids is 1. The van der Waals surface area contributed by atoms with Gasteiger partial charge in [-0.15, -0.1) is 0 Å². The van der Waals surface area contributed by atoms with Crippen LogP contribution in [0.1, 0.15) is 18.9 Å². The molecule has 1 heterocycles. The van der Waals surface area contributed by atoms with Crippen LogP contribution in [0.25, 0.3) is 0 Å². The molecule has 0 spiro atoms. The Kier molecular flexibility index (Phi) is 4.69. The van der Waals surface area contributed by atoms with Crippen molar-refractivity contribution in [2.24, 2.45) is 5.10 Å². The zero-order valence-electron chi connectivity index (χ0n) is 10.9. The maximum atomic E-state index is 13.4. The second-order valence-electron chi connectivity index (χ2n) is 4.44. The van der Waals surface area contributed by atoms with Gasteiger partial charge >= 0.3 is 0 Å². The van der Waals surface area contributed by atoms with Crippen molar-refractivity contribution in [3.8, 4) is 0 Å². The molecule has 2 rings (SSSR count). The standard InChI is InChI=1S/C13H14ClFN2O3/c1-13(19-5-6-20-13)7-12(18)17-16-8-9-10(14)3-2-4-11(9)15/h2-4,8H,5-7H2,1H3,(H,17,18)/b16-8-. The van der Waals surface area contributed by atoms with Crippen molar-refractivity contribution in [3.05, 3.63) is 34.6 Å². The van der Waals surface area contributed by atoms with E-state index in [1.165, 1.54) is 18.2 Å². The van der Waals surface area contributed by atoms with Crippen LogP contribution < -0.4 is 5.43 Å². The fraction of sp³-hybridized carbons (Fsp3) is 0.385. The number of hydrazone groups is 1. The molecule has 0 aromatic heterocycles. The summed E-state index contributed by atoms with van der Waals surface area (Å²) in [5.41, 5.74) is 2.40. The topological polar surface area (TPSA) is 59.9 Å². The summed E-state index contributed by atoms with van der Waals surface area (Å²) in [4.78, 5) is 11.7. The number of hydrogen-bond donors (Lipinski definition) is 1. The fourth-order valence-electron chi connectivity index (χ4n) is 1.79. The van der Waals surface area contributed by atoms with Gasteiger partial charge in [0.2, 0.25) is 5.91 Å². The highest BCUT2D eigenvalue weighted by molar-refractivity contribution is 6.33. The molecule has 108 valence electrons. The van der Waals surface area contributed by atoms with E-state index < -0.39 is 17.5 Å². The van der Waals surface area contributed by atoms with E-state index in [0.717, 1.165) is 6.21 Å². The first-order valence-corrected chi connectivity index (χ1v) is 6.42. The van der Waals surface area contributed by atoms with Crippen LogP contribution in [-0.4, -0.2) is 31.1 Å². The maximum Gasteiger partial charge on any atom is 0.245 e. The smallest absolute Gasteiger partial charge is 0.245 e. The second kappa shape index (κ2) is 6.30. The Morgan fingerprint density at radius 2 is 2.25 bits per heavy atom. The summed E-state index contributed by atoms with van der Waals surface area (Å²) in [5.74, 6) is -1.82. The van der Waals surface area contributed by atoms with Gasteiger partial charge in [0.05, 0.1) is 30.9 Å². The van der Waals surface area contributed by atoms with Gasteiger partial charge in [-0.2, -0.15) is 5.10 Å². The lowest BCUT2D eigenvalue weighted by atomic mass is 10.2. The first-order valence-electron chi connectivity index (χ1n) is 6.04. The third kappa shape index (κ3) is 3.75. The van der Waals surface area contributed by atoms with Gasteiger partial charge < -0.3 is 9.47 Å². The fourth-order valence-corrected chi connectivity index (χ4v) is 2.00. The maximum absolute atomic E-state index is 13.4. The van der Waals surface area contributed by atoms with Gasteiger partial charge in [-0.25, -0.2) is 9.82 Å². The van der Waals surface area contributed by atoms with E-state index in [4.69, 9.17) is 21.1 Å². The molecule has 0 saturated carbocycles. The predicted molar refractivity (Wildman–Crippen MR) is 72.1 cm³/mol. The van der Waals surface area contributed by atoms with Crippen molar-refractivity contribution in [3.63, 3.8) is 0 Å². The minimum absolute atomic E-state index is 0.00927. The van der Waals surface area contributed by atoms with Crippen molar-refractivity contribution >= 4 is 23.7 Å². The molecule has 1 aliphatic heterocycles. The Hall–Kier alpha value is -1.50. The summed E-state index contributed by atoms with van der Waals surface area (Å²) in [6.07, 6.45) is 1.17. The molecule has 1 N–H and O–H groups in total. The quantitative estimate of drug-likeness (QED) is 0.684. The highest BCUT2D eigenvalue weighted by Crippen LogP contribution is 2.22. The normalized spacial score (nSPS) is 17.6. The molecule has 1 aromatic carbocycles. The number of nitrogens with zero attached hydrogens (tertiary/aromatic N) is 1. The number of nitrogens with one attached hydrogen (secondary N) is 1. The SMILES string of the molecule is CC1(CC(=O)N/N=C\c2c(F)cccc2Cl)OCCO1. The highest BCUT2D eigenvalue weighted by atomic mass is 35.5. The average molecular weight is 301 g/mol. The zero-order valence-corrected chi connectivity index (χ0v) is 11.6. The summed E-state index contributed by atoms with van der Waals surface area (Å²) < 4.78 is 24.0. The van der Waals surface area contributed by atoms with Gasteiger partial charge in [-0.3, -0.25) is 4.79 Å². The predicted octanol–water partition coefficient (Wildman–Crippen LogP) is 2.08. The van der Waals surface area contributed by atoms with E-state index in [2.05, 4.69) is 10.5 Å². The number of benzene rings is 1. The third-order valence-electron chi connectivity index (χ3n) is 2.76. The Morgan fingerprint density at radius 1 is 1.55 bits per heavy atom. The number of halogens is 2. The summed E-state index contributed by atoms with van der Waals surface area (Å²) >= 11 is 5.82. The largest absolute Gasteiger partial charge is 0.347 e. The van der Waals surface area contributed by atoms with Crippen LogP contribution in [0.4, 0.5) is 4.39 Å². The number of carbonyl (C=O) groups is 1. The molecule has 0 atom stereocenters. The lowest BCUT2D eigenvalue weighted by Crippen LogP contribution is -2.33. The second-order valence-corrected chi connectivity index (χ2v) is 4.84. The molecule has 1 aromatic rings. The molecule has 5 nitrogen and oxygen atoms in total. The van der Waals surface area contributed by atoms with Gasteiger partial charge in [0.1, 0.15) is 5.82 Å². The van der Waals surface area contributed by atoms with Crippen molar-refractivity contribution in [2.45, 2.75) is 19.1 Å². The number of hydrogen-bond acceptors (Lipinski definition) is 4. The van der Waals surface area contributed by atoms with Crippen LogP contribution in [0, 0.1) is 5.82 Å². The van der Waals surface area contributed by atoms with E-state index in [-0.39, 0.29) is 17.0 Å². The Bertz CT molecular complexity index is 510. The van der Waals surface area contributed by atoms with Crippen molar-refractivity contribution in [1.29, 1.82) is 0 Å². The third-order valence-corrected chi connectivity index (χ3v) is 3.09. The van der Waals surface area contributed by atoms with Gasteiger partial charge in [0, 0.05) is 5.56 Å². The Balaban J connectivity index is 1.91. The molecule has 0 bridgehead atoms. The van der Waals surface area contributed by atoms with E-state index in [1.807, 2.05) is 0 Å². The average Bonchev–Trinajstić information content (AvgIpc) is 2.79. The Morgan fingerprint density at radius 3 is 2.90 bits per heavy atom. The van der Waals surface area contributed by atoms with Gasteiger partial charge in [-0.1, -0.05) is 17.7 Å². The lowest BCUT2D eigenvalue weighted by molar-refractivity contribution is -0.159. The number of amides is 1. The molecular weight excluding hydrogens is 287 g/mol. The molecule has 0 aliphatic carbocycles. The minimum atomic E-state index is -0.921. The van der Waals surface area contributed by atoms with Crippen LogP contribution in [0.3, 0.4) is 0 Å². The van der Waals surface area contributed by atoms with E-state index in [0.29, 0.717) is 13.2 Å². The minimum Gasteiger partial charge on any atom is -0.347 e. The summed E-state index contributed by atoms with van der Waals surface area (Å²) in [6.45, 7) is 2.59. The monoisotopic (exact) mass is 300 g/mol. The van der Waals surface area contributed by atoms with E-state index >= 15 is 0 Å². The van der Waals surface area contributed by atoms with Crippen molar-refractivity contribution in [1.82, 2.24) is 5.43 Å². The highest BCUT2D eigenvalue weighted by Gasteiger charge is 2.33. The van der Waals surface area contributed by atoms with Gasteiger partial charge in [0.15, 0.2) is 5.79 Å². The molecule has 7 heteroatoms. The molecule has 0 unspecified atom stereocenters. The summed E-state index contributed by atoms with van der Waals surface area (Å²) in [7, 11) is 0. The van der Waals surface area contributed by atoms with E-state index in [1.54, 1.807) is 6.92 Å². The van der Waals surface area contributed by atoms with Crippen LogP contribution in [-0.2, 0) is 14.3 Å². The first kappa shape index (κ1) is 14.9. The molecule has 1 aliphatic rings. The van der Waals surface area contributed by atoms with Crippen LogP contribution in [0.15, 0.2) is 23.3 Å². The Labute approximate surface area is 120 Å². The van der Waals surface area contributed by atoms with Gasteiger partial charge in [-0.05, 0) is 19.1 Å². The molecule has 0 radical (unpaired) electrons. The first-order chi connectivity index (χ1) is 9.50. The molecule has 1 fully saturated rings. The van der Waals surface area contributed by atoms with Crippen LogP contribution >= 0.6 is 11.6 Å². The van der Waals surface area contributed by atoms with Crippen LogP contribution in [0.5, 0.6) is 0 Å². The summed E-state index contributed by atoms with van der Waals surface area (Å²) in [5, 5.41) is 3.90. The van der Waals surface area contributed by atoms with Crippen molar-refractivity contribution < 1.29 is 18.7 Å². The van der Waals surface area contributed by atoms with Crippen molar-refractivity contribution in [2.75, 3.05) is 13.2 Å². The molecule has 1 saturated heterocycles. The molecule has 1 amide bonds. The molecular formula is C13H14ClFN2O3. The van der Waals surface area contributed by atoms with E-state index in [9.17, 15) is 9.18 Å². The summed E-state index contributed by atoms with van der Waals surface area (Å²) in [6, 6.07) is 4.29.